The summed E-state index contributed by atoms with van der Waals surface area (Å²) < 4.78 is 11.0. The first-order valence-corrected chi connectivity index (χ1v) is 10.8. The summed E-state index contributed by atoms with van der Waals surface area (Å²) in [4.78, 5) is 7.25. The molecule has 30 heavy (non-hydrogen) atoms. The number of guanidine groups is 1. The van der Waals surface area contributed by atoms with Crippen molar-refractivity contribution in [3.05, 3.63) is 54.1 Å². The van der Waals surface area contributed by atoms with E-state index >= 15 is 0 Å². The Kier molecular flexibility index (Phi) is 8.24. The summed E-state index contributed by atoms with van der Waals surface area (Å²) in [6.07, 6.45) is 2.03. The fourth-order valence-electron chi connectivity index (χ4n) is 3.88. The lowest BCUT2D eigenvalue weighted by atomic mass is 10.1. The summed E-state index contributed by atoms with van der Waals surface area (Å²) in [5, 5.41) is 6.81. The van der Waals surface area contributed by atoms with Crippen LogP contribution >= 0.6 is 0 Å². The monoisotopic (exact) mass is 410 g/mol. The lowest BCUT2D eigenvalue weighted by Gasteiger charge is -2.21. The molecule has 2 aromatic carbocycles. The number of hydrogen-bond donors (Lipinski definition) is 2. The lowest BCUT2D eigenvalue weighted by molar-refractivity contribution is 0.409. The van der Waals surface area contributed by atoms with Gasteiger partial charge >= 0.3 is 0 Å². The Bertz CT molecular complexity index is 824. The Morgan fingerprint density at radius 2 is 1.77 bits per heavy atom. The molecule has 1 fully saturated rings. The van der Waals surface area contributed by atoms with Crippen LogP contribution in [-0.4, -0.2) is 52.9 Å². The summed E-state index contributed by atoms with van der Waals surface area (Å²) in [6.45, 7) is 6.61. The molecule has 0 spiro atoms. The maximum Gasteiger partial charge on any atom is 0.191 e. The molecule has 2 aromatic rings. The molecule has 0 amide bonds. The van der Waals surface area contributed by atoms with Gasteiger partial charge in [0.05, 0.1) is 19.9 Å². The van der Waals surface area contributed by atoms with Crippen molar-refractivity contribution in [2.24, 2.45) is 10.9 Å². The van der Waals surface area contributed by atoms with Crippen LogP contribution in [0.25, 0.3) is 0 Å². The van der Waals surface area contributed by atoms with E-state index in [9.17, 15) is 0 Å². The highest BCUT2D eigenvalue weighted by atomic mass is 16.5. The fraction of sp³-hybridized carbons (Fsp3) is 0.458. The lowest BCUT2D eigenvalue weighted by Crippen LogP contribution is -2.38. The van der Waals surface area contributed by atoms with Gasteiger partial charge in [0, 0.05) is 32.7 Å². The molecule has 0 aromatic heterocycles. The number of para-hydroxylation sites is 3. The Balaban J connectivity index is 1.52. The van der Waals surface area contributed by atoms with Crippen LogP contribution in [0, 0.1) is 5.92 Å². The first-order chi connectivity index (χ1) is 14.7. The maximum absolute atomic E-state index is 5.52. The predicted octanol–water partition coefficient (Wildman–Crippen LogP) is 3.33. The molecule has 0 aliphatic carbocycles. The molecule has 1 saturated heterocycles. The van der Waals surface area contributed by atoms with E-state index in [1.807, 2.05) is 30.3 Å². The van der Waals surface area contributed by atoms with Crippen LogP contribution in [0.4, 0.5) is 5.69 Å². The Labute approximate surface area is 180 Å². The van der Waals surface area contributed by atoms with Crippen LogP contribution in [-0.2, 0) is 6.42 Å². The van der Waals surface area contributed by atoms with Gasteiger partial charge < -0.3 is 25.0 Å². The van der Waals surface area contributed by atoms with Crippen LogP contribution in [0.1, 0.15) is 18.9 Å². The third kappa shape index (κ3) is 5.81. The molecule has 162 valence electrons. The average molecular weight is 411 g/mol. The van der Waals surface area contributed by atoms with Gasteiger partial charge in [0.1, 0.15) is 11.5 Å². The van der Waals surface area contributed by atoms with Crippen LogP contribution < -0.4 is 25.0 Å². The third-order valence-corrected chi connectivity index (χ3v) is 5.44. The van der Waals surface area contributed by atoms with Crippen LogP contribution in [0.5, 0.6) is 11.5 Å². The van der Waals surface area contributed by atoms with Crippen molar-refractivity contribution in [3.63, 3.8) is 0 Å². The molecule has 6 nitrogen and oxygen atoms in total. The summed E-state index contributed by atoms with van der Waals surface area (Å²) in [6, 6.07) is 16.4. The van der Waals surface area contributed by atoms with Gasteiger partial charge in [-0.2, -0.15) is 0 Å². The number of anilines is 1. The highest BCUT2D eigenvalue weighted by molar-refractivity contribution is 5.79. The second kappa shape index (κ2) is 11.3. The molecule has 0 radical (unpaired) electrons. The molecule has 1 atom stereocenters. The van der Waals surface area contributed by atoms with E-state index in [1.165, 1.54) is 11.3 Å². The molecule has 0 saturated carbocycles. The minimum Gasteiger partial charge on any atom is -0.496 e. The standard InChI is InChI=1S/C24H34N4O2/c1-4-25-24(26-15-13-20-9-5-7-11-22(20)29-2)27-17-19-14-16-28(18-19)21-10-6-8-12-23(21)30-3/h5-12,19H,4,13-18H2,1-3H3,(H2,25,26,27). The number of methoxy groups -OCH3 is 2. The number of aliphatic imine (C=N–C) groups is 1. The van der Waals surface area contributed by atoms with Crippen molar-refractivity contribution < 1.29 is 9.47 Å². The van der Waals surface area contributed by atoms with Crippen molar-refractivity contribution in [2.75, 3.05) is 51.8 Å². The zero-order valence-corrected chi connectivity index (χ0v) is 18.4. The Hall–Kier alpha value is -2.89. The number of ether oxygens (including phenoxy) is 2. The number of hydrogen-bond acceptors (Lipinski definition) is 4. The first kappa shape index (κ1) is 21.8. The summed E-state index contributed by atoms with van der Waals surface area (Å²) in [5.74, 6) is 3.29. The number of benzene rings is 2. The van der Waals surface area contributed by atoms with Gasteiger partial charge in [-0.05, 0) is 49.4 Å². The quantitative estimate of drug-likeness (QED) is 0.491. The minimum absolute atomic E-state index is 0.541. The maximum atomic E-state index is 5.52. The van der Waals surface area contributed by atoms with Gasteiger partial charge in [-0.1, -0.05) is 30.3 Å². The summed E-state index contributed by atoms with van der Waals surface area (Å²) in [7, 11) is 3.45. The number of nitrogens with zero attached hydrogens (tertiary/aromatic N) is 2. The molecule has 0 bridgehead atoms. The topological polar surface area (TPSA) is 58.1 Å². The van der Waals surface area contributed by atoms with Crippen molar-refractivity contribution >= 4 is 11.6 Å². The van der Waals surface area contributed by atoms with Gasteiger partial charge in [-0.25, -0.2) is 0 Å². The second-order valence-corrected chi connectivity index (χ2v) is 7.48. The molecule has 1 aliphatic heterocycles. The Morgan fingerprint density at radius 1 is 1.03 bits per heavy atom. The molecular weight excluding hydrogens is 376 g/mol. The normalized spacial score (nSPS) is 16.4. The average Bonchev–Trinajstić information content (AvgIpc) is 3.26. The highest BCUT2D eigenvalue weighted by Gasteiger charge is 2.24. The largest absolute Gasteiger partial charge is 0.496 e. The molecule has 3 rings (SSSR count). The molecule has 6 heteroatoms. The van der Waals surface area contributed by atoms with Crippen LogP contribution in [0.3, 0.4) is 0 Å². The van der Waals surface area contributed by atoms with E-state index < -0.39 is 0 Å². The first-order valence-electron chi connectivity index (χ1n) is 10.8. The van der Waals surface area contributed by atoms with E-state index in [0.717, 1.165) is 63.0 Å². The van der Waals surface area contributed by atoms with Crippen molar-refractivity contribution in [1.82, 2.24) is 10.6 Å². The highest BCUT2D eigenvalue weighted by Crippen LogP contribution is 2.31. The van der Waals surface area contributed by atoms with Crippen LogP contribution in [0.2, 0.25) is 0 Å². The van der Waals surface area contributed by atoms with E-state index in [2.05, 4.69) is 40.7 Å². The molecule has 1 heterocycles. The molecule has 1 aliphatic rings. The zero-order chi connectivity index (χ0) is 21.2. The number of rotatable bonds is 9. The minimum atomic E-state index is 0.541. The smallest absolute Gasteiger partial charge is 0.191 e. The van der Waals surface area contributed by atoms with E-state index in [-0.39, 0.29) is 0 Å². The predicted molar refractivity (Wildman–Crippen MR) is 124 cm³/mol. The van der Waals surface area contributed by atoms with Gasteiger partial charge in [0.15, 0.2) is 5.96 Å². The van der Waals surface area contributed by atoms with Gasteiger partial charge in [-0.15, -0.1) is 0 Å². The van der Waals surface area contributed by atoms with E-state index in [4.69, 9.17) is 14.5 Å². The molecular formula is C24H34N4O2. The van der Waals surface area contributed by atoms with E-state index in [1.54, 1.807) is 14.2 Å². The SMILES string of the molecule is CCNC(=NCC1CCN(c2ccccc2OC)C1)NCCc1ccccc1OC. The zero-order valence-electron chi connectivity index (χ0n) is 18.4. The van der Waals surface area contributed by atoms with Gasteiger partial charge in [-0.3, -0.25) is 4.99 Å². The number of nitrogens with one attached hydrogen (secondary N) is 2. The second-order valence-electron chi connectivity index (χ2n) is 7.48. The van der Waals surface area contributed by atoms with Crippen molar-refractivity contribution in [1.29, 1.82) is 0 Å². The fourth-order valence-corrected chi connectivity index (χ4v) is 3.88. The van der Waals surface area contributed by atoms with Crippen LogP contribution in [0.15, 0.2) is 53.5 Å². The molecule has 1 unspecified atom stereocenters. The van der Waals surface area contributed by atoms with Gasteiger partial charge in [0.2, 0.25) is 0 Å². The summed E-state index contributed by atoms with van der Waals surface area (Å²) in [5.41, 5.74) is 2.37. The van der Waals surface area contributed by atoms with Crippen molar-refractivity contribution in [3.8, 4) is 11.5 Å². The van der Waals surface area contributed by atoms with Gasteiger partial charge in [0.25, 0.3) is 0 Å². The summed E-state index contributed by atoms with van der Waals surface area (Å²) >= 11 is 0. The molecule has 2 N–H and O–H groups in total. The Morgan fingerprint density at radius 3 is 2.53 bits per heavy atom. The van der Waals surface area contributed by atoms with E-state index in [0.29, 0.717) is 5.92 Å². The van der Waals surface area contributed by atoms with Crippen molar-refractivity contribution in [2.45, 2.75) is 19.8 Å². The third-order valence-electron chi connectivity index (χ3n) is 5.44.